The third kappa shape index (κ3) is 1.30. The van der Waals surface area contributed by atoms with Crippen LogP contribution in [0.2, 0.25) is 0 Å². The summed E-state index contributed by atoms with van der Waals surface area (Å²) in [4.78, 5) is 4.36. The van der Waals surface area contributed by atoms with E-state index < -0.39 is 0 Å². The summed E-state index contributed by atoms with van der Waals surface area (Å²) in [6.07, 6.45) is 4.43. The normalized spacial score (nSPS) is 23.3. The molecule has 1 aliphatic heterocycles. The number of halogens is 1. The number of aromatic nitrogens is 2. The third-order valence-electron chi connectivity index (χ3n) is 2.27. The minimum atomic E-state index is 0.820. The van der Waals surface area contributed by atoms with E-state index in [1.54, 1.807) is 0 Å². The van der Waals surface area contributed by atoms with Gasteiger partial charge in [0.1, 0.15) is 5.82 Å². The molecule has 0 saturated carbocycles. The Balaban J connectivity index is 2.36. The van der Waals surface area contributed by atoms with E-state index in [-0.39, 0.29) is 0 Å². The van der Waals surface area contributed by atoms with Gasteiger partial charge >= 0.3 is 0 Å². The van der Waals surface area contributed by atoms with Crippen LogP contribution in [-0.2, 0) is 13.0 Å². The lowest BCUT2D eigenvalue weighted by atomic mass is 10.0. The van der Waals surface area contributed by atoms with Crippen molar-refractivity contribution in [3.63, 3.8) is 0 Å². The van der Waals surface area contributed by atoms with Crippen LogP contribution in [0.15, 0.2) is 6.20 Å². The van der Waals surface area contributed by atoms with Gasteiger partial charge in [0, 0.05) is 13.0 Å². The Morgan fingerprint density at radius 1 is 1.73 bits per heavy atom. The first-order valence-corrected chi connectivity index (χ1v) is 5.05. The first-order chi connectivity index (χ1) is 5.27. The van der Waals surface area contributed by atoms with Gasteiger partial charge in [-0.3, -0.25) is 0 Å². The predicted molar refractivity (Wildman–Crippen MR) is 52.4 cm³/mol. The standard InChI is InChI=1S/C8H11IN2/c1-6-2-3-11-7(9)5-10-8(11)4-6/h5-6H,2-4H2,1H3. The van der Waals surface area contributed by atoms with Crippen molar-refractivity contribution in [2.45, 2.75) is 26.3 Å². The SMILES string of the molecule is CC1CCn2c(I)cnc2C1. The molecule has 0 aromatic carbocycles. The molecule has 1 aromatic rings. The van der Waals surface area contributed by atoms with E-state index in [1.807, 2.05) is 6.20 Å². The van der Waals surface area contributed by atoms with Crippen molar-refractivity contribution >= 4 is 22.6 Å². The van der Waals surface area contributed by atoms with Crippen molar-refractivity contribution in [2.24, 2.45) is 5.92 Å². The van der Waals surface area contributed by atoms with Gasteiger partial charge in [0.2, 0.25) is 0 Å². The number of imidazole rings is 1. The molecule has 2 nitrogen and oxygen atoms in total. The quantitative estimate of drug-likeness (QED) is 0.654. The lowest BCUT2D eigenvalue weighted by Crippen LogP contribution is -2.18. The zero-order chi connectivity index (χ0) is 7.84. The van der Waals surface area contributed by atoms with Gasteiger partial charge in [0.05, 0.1) is 9.90 Å². The van der Waals surface area contributed by atoms with E-state index in [9.17, 15) is 0 Å². The Labute approximate surface area is 80.2 Å². The zero-order valence-corrected chi connectivity index (χ0v) is 8.71. The third-order valence-corrected chi connectivity index (χ3v) is 3.13. The van der Waals surface area contributed by atoms with Crippen LogP contribution in [-0.4, -0.2) is 9.55 Å². The van der Waals surface area contributed by atoms with Gasteiger partial charge in [-0.2, -0.15) is 0 Å². The molecule has 0 amide bonds. The molecule has 0 bridgehead atoms. The summed E-state index contributed by atoms with van der Waals surface area (Å²) < 4.78 is 3.60. The minimum Gasteiger partial charge on any atom is -0.323 e. The number of hydrogen-bond acceptors (Lipinski definition) is 1. The molecule has 0 spiro atoms. The second-order valence-corrected chi connectivity index (χ2v) is 4.35. The Morgan fingerprint density at radius 2 is 2.55 bits per heavy atom. The maximum absolute atomic E-state index is 4.36. The number of rotatable bonds is 0. The maximum Gasteiger partial charge on any atom is 0.109 e. The van der Waals surface area contributed by atoms with Crippen molar-refractivity contribution < 1.29 is 0 Å². The fraction of sp³-hybridized carbons (Fsp3) is 0.625. The van der Waals surface area contributed by atoms with Crippen LogP contribution in [0.25, 0.3) is 0 Å². The topological polar surface area (TPSA) is 17.8 Å². The lowest BCUT2D eigenvalue weighted by molar-refractivity contribution is 0.405. The van der Waals surface area contributed by atoms with E-state index in [4.69, 9.17) is 0 Å². The maximum atomic E-state index is 4.36. The molecule has 3 heteroatoms. The molecule has 2 heterocycles. The molecule has 0 N–H and O–H groups in total. The molecule has 1 unspecified atom stereocenters. The second kappa shape index (κ2) is 2.77. The number of hydrogen-bond donors (Lipinski definition) is 0. The average molecular weight is 262 g/mol. The number of nitrogens with zero attached hydrogens (tertiary/aromatic N) is 2. The smallest absolute Gasteiger partial charge is 0.109 e. The van der Waals surface area contributed by atoms with Gasteiger partial charge in [-0.15, -0.1) is 0 Å². The summed E-state index contributed by atoms with van der Waals surface area (Å²) in [6.45, 7) is 3.46. The average Bonchev–Trinajstić information content (AvgIpc) is 2.32. The van der Waals surface area contributed by atoms with Gasteiger partial charge in [0.25, 0.3) is 0 Å². The Morgan fingerprint density at radius 3 is 3.36 bits per heavy atom. The van der Waals surface area contributed by atoms with Gasteiger partial charge in [-0.05, 0) is 34.9 Å². The highest BCUT2D eigenvalue weighted by atomic mass is 127. The number of fused-ring (bicyclic) bond motifs is 1. The summed E-state index contributed by atoms with van der Waals surface area (Å²) in [5.74, 6) is 2.09. The second-order valence-electron chi connectivity index (χ2n) is 3.25. The van der Waals surface area contributed by atoms with Crippen LogP contribution in [0, 0.1) is 9.62 Å². The van der Waals surface area contributed by atoms with Crippen LogP contribution in [0.5, 0.6) is 0 Å². The highest BCUT2D eigenvalue weighted by Gasteiger charge is 2.17. The summed E-state index contributed by atoms with van der Waals surface area (Å²) in [5.41, 5.74) is 0. The molecule has 0 aliphatic carbocycles. The molecule has 60 valence electrons. The Bertz CT molecular complexity index is 267. The Kier molecular flexibility index (Phi) is 1.91. The van der Waals surface area contributed by atoms with Crippen molar-refractivity contribution in [3.05, 3.63) is 15.7 Å². The largest absolute Gasteiger partial charge is 0.323 e. The molecular formula is C8H11IN2. The summed E-state index contributed by atoms with van der Waals surface area (Å²) >= 11 is 2.35. The summed E-state index contributed by atoms with van der Waals surface area (Å²) in [6, 6.07) is 0. The van der Waals surface area contributed by atoms with E-state index >= 15 is 0 Å². The summed E-state index contributed by atoms with van der Waals surface area (Å²) in [7, 11) is 0. The van der Waals surface area contributed by atoms with Crippen LogP contribution in [0.4, 0.5) is 0 Å². The molecule has 2 rings (SSSR count). The highest BCUT2D eigenvalue weighted by Crippen LogP contribution is 2.21. The Hall–Kier alpha value is -0.0600. The van der Waals surface area contributed by atoms with Crippen LogP contribution in [0.3, 0.4) is 0 Å². The van der Waals surface area contributed by atoms with Crippen LogP contribution >= 0.6 is 22.6 Å². The molecular weight excluding hydrogens is 251 g/mol. The molecule has 0 saturated heterocycles. The fourth-order valence-electron chi connectivity index (χ4n) is 1.55. The first-order valence-electron chi connectivity index (χ1n) is 3.97. The fourth-order valence-corrected chi connectivity index (χ4v) is 2.21. The predicted octanol–water partition coefficient (Wildman–Crippen LogP) is 2.07. The molecule has 0 fully saturated rings. The van der Waals surface area contributed by atoms with E-state index in [0.717, 1.165) is 18.9 Å². The molecule has 1 aromatic heterocycles. The van der Waals surface area contributed by atoms with Crippen molar-refractivity contribution in [1.29, 1.82) is 0 Å². The molecule has 0 radical (unpaired) electrons. The molecule has 1 atom stereocenters. The monoisotopic (exact) mass is 262 g/mol. The van der Waals surface area contributed by atoms with Gasteiger partial charge < -0.3 is 4.57 Å². The van der Waals surface area contributed by atoms with Gasteiger partial charge in [-0.1, -0.05) is 6.92 Å². The zero-order valence-electron chi connectivity index (χ0n) is 6.55. The van der Waals surface area contributed by atoms with E-state index in [2.05, 4.69) is 39.1 Å². The minimum absolute atomic E-state index is 0.820. The van der Waals surface area contributed by atoms with Crippen molar-refractivity contribution in [1.82, 2.24) is 9.55 Å². The molecule has 11 heavy (non-hydrogen) atoms. The first kappa shape index (κ1) is 7.58. The van der Waals surface area contributed by atoms with Gasteiger partial charge in [-0.25, -0.2) is 4.98 Å². The van der Waals surface area contributed by atoms with E-state index in [1.165, 1.54) is 15.9 Å². The van der Waals surface area contributed by atoms with Crippen LogP contribution < -0.4 is 0 Å². The van der Waals surface area contributed by atoms with Crippen molar-refractivity contribution in [2.75, 3.05) is 0 Å². The summed E-state index contributed by atoms with van der Waals surface area (Å²) in [5, 5.41) is 0. The van der Waals surface area contributed by atoms with Gasteiger partial charge in [0.15, 0.2) is 0 Å². The van der Waals surface area contributed by atoms with E-state index in [0.29, 0.717) is 0 Å². The highest BCUT2D eigenvalue weighted by molar-refractivity contribution is 14.1. The van der Waals surface area contributed by atoms with Crippen LogP contribution in [0.1, 0.15) is 19.2 Å². The van der Waals surface area contributed by atoms with Crippen molar-refractivity contribution in [3.8, 4) is 0 Å². The lowest BCUT2D eigenvalue weighted by Gasteiger charge is -2.20. The molecule has 1 aliphatic rings.